The van der Waals surface area contributed by atoms with E-state index < -0.39 is 17.8 Å². The van der Waals surface area contributed by atoms with Crippen LogP contribution in [0.15, 0.2) is 48.8 Å². The minimum atomic E-state index is -4.54. The number of piperidine rings is 1. The molecule has 0 radical (unpaired) electrons. The van der Waals surface area contributed by atoms with Crippen molar-refractivity contribution in [2.75, 3.05) is 25.5 Å². The average Bonchev–Trinajstić information content (AvgIpc) is 2.67. The maximum atomic E-state index is 13.3. The maximum absolute atomic E-state index is 13.3. The van der Waals surface area contributed by atoms with E-state index in [1.807, 2.05) is 13.1 Å². The number of carbonyl (C=O) groups excluding carboxylic acids is 1. The van der Waals surface area contributed by atoms with Crippen molar-refractivity contribution in [3.63, 3.8) is 0 Å². The minimum absolute atomic E-state index is 0.0468. The molecule has 0 unspecified atom stereocenters. The van der Waals surface area contributed by atoms with Gasteiger partial charge in [-0.05, 0) is 56.7 Å². The Morgan fingerprint density at radius 3 is 2.57 bits per heavy atom. The predicted octanol–water partition coefficient (Wildman–Crippen LogP) is 4.23. The third-order valence-electron chi connectivity index (χ3n) is 4.94. The van der Waals surface area contributed by atoms with Crippen molar-refractivity contribution in [2.45, 2.75) is 31.6 Å². The first-order valence-electron chi connectivity index (χ1n) is 9.16. The van der Waals surface area contributed by atoms with Gasteiger partial charge in [0.25, 0.3) is 0 Å². The van der Waals surface area contributed by atoms with Gasteiger partial charge in [-0.15, -0.1) is 0 Å². The molecular weight excluding hydrogens is 369 g/mol. The van der Waals surface area contributed by atoms with E-state index in [4.69, 9.17) is 0 Å². The summed E-state index contributed by atoms with van der Waals surface area (Å²) in [4.78, 5) is 20.9. The summed E-state index contributed by atoms with van der Waals surface area (Å²) in [6, 6.07) is 8.08. The van der Waals surface area contributed by atoms with Crippen molar-refractivity contribution in [3.8, 4) is 0 Å². The van der Waals surface area contributed by atoms with Gasteiger partial charge in [0, 0.05) is 25.0 Å². The van der Waals surface area contributed by atoms with E-state index in [1.54, 1.807) is 23.4 Å². The first-order valence-corrected chi connectivity index (χ1v) is 9.16. The zero-order chi connectivity index (χ0) is 20.1. The van der Waals surface area contributed by atoms with Gasteiger partial charge in [-0.3, -0.25) is 4.98 Å². The van der Waals surface area contributed by atoms with Crippen LogP contribution < -0.4 is 5.32 Å². The lowest BCUT2D eigenvalue weighted by molar-refractivity contribution is -0.136. The maximum Gasteiger partial charge on any atom is 0.418 e. The largest absolute Gasteiger partial charge is 0.418 e. The van der Waals surface area contributed by atoms with Gasteiger partial charge in [0.15, 0.2) is 0 Å². The van der Waals surface area contributed by atoms with Crippen LogP contribution in [-0.2, 0) is 12.7 Å². The Morgan fingerprint density at radius 2 is 1.93 bits per heavy atom. The van der Waals surface area contributed by atoms with Gasteiger partial charge >= 0.3 is 12.2 Å². The monoisotopic (exact) mass is 392 g/mol. The molecular formula is C20H23F3N4O. The second kappa shape index (κ2) is 8.60. The summed E-state index contributed by atoms with van der Waals surface area (Å²) in [5, 5.41) is 2.48. The zero-order valence-corrected chi connectivity index (χ0v) is 15.6. The molecule has 0 atom stereocenters. The van der Waals surface area contributed by atoms with E-state index in [1.165, 1.54) is 18.2 Å². The van der Waals surface area contributed by atoms with Crippen LogP contribution in [0.1, 0.15) is 24.0 Å². The Kier molecular flexibility index (Phi) is 6.18. The quantitative estimate of drug-likeness (QED) is 0.847. The molecule has 2 heterocycles. The highest BCUT2D eigenvalue weighted by molar-refractivity contribution is 5.90. The lowest BCUT2D eigenvalue weighted by atomic mass is 10.0. The molecule has 0 aliphatic carbocycles. The number of hydrogen-bond donors (Lipinski definition) is 1. The number of para-hydroxylation sites is 1. The molecule has 1 aromatic carbocycles. The first-order chi connectivity index (χ1) is 13.3. The smallest absolute Gasteiger partial charge is 0.317 e. The summed E-state index contributed by atoms with van der Waals surface area (Å²) in [5.41, 5.74) is -0.252. The van der Waals surface area contributed by atoms with Crippen LogP contribution in [0, 0.1) is 0 Å². The van der Waals surface area contributed by atoms with Crippen LogP contribution in [0.5, 0.6) is 0 Å². The summed E-state index contributed by atoms with van der Waals surface area (Å²) < 4.78 is 39.8. The number of rotatable bonds is 4. The summed E-state index contributed by atoms with van der Waals surface area (Å²) in [5.74, 6) is 0. The third-order valence-corrected chi connectivity index (χ3v) is 4.94. The first kappa shape index (κ1) is 20.1. The van der Waals surface area contributed by atoms with E-state index in [0.29, 0.717) is 6.54 Å². The van der Waals surface area contributed by atoms with Gasteiger partial charge in [0.1, 0.15) is 0 Å². The van der Waals surface area contributed by atoms with Crippen molar-refractivity contribution in [3.05, 3.63) is 59.9 Å². The Morgan fingerprint density at radius 1 is 1.21 bits per heavy atom. The van der Waals surface area contributed by atoms with Gasteiger partial charge in [-0.25, -0.2) is 4.79 Å². The van der Waals surface area contributed by atoms with Gasteiger partial charge in [-0.1, -0.05) is 18.2 Å². The Hall–Kier alpha value is -2.61. The zero-order valence-electron chi connectivity index (χ0n) is 15.6. The second-order valence-corrected chi connectivity index (χ2v) is 7.00. The summed E-state index contributed by atoms with van der Waals surface area (Å²) >= 11 is 0. The van der Waals surface area contributed by atoms with Crippen LogP contribution in [0.3, 0.4) is 0 Å². The van der Waals surface area contributed by atoms with Crippen molar-refractivity contribution in [1.82, 2.24) is 14.8 Å². The third kappa shape index (κ3) is 5.01. The molecule has 1 N–H and O–H groups in total. The van der Waals surface area contributed by atoms with Crippen LogP contribution in [0.25, 0.3) is 0 Å². The predicted molar refractivity (Wildman–Crippen MR) is 101 cm³/mol. The summed E-state index contributed by atoms with van der Waals surface area (Å²) in [7, 11) is 2.02. The molecule has 0 bridgehead atoms. The number of nitrogens with zero attached hydrogens (tertiary/aromatic N) is 3. The molecule has 5 nitrogen and oxygen atoms in total. The van der Waals surface area contributed by atoms with Gasteiger partial charge in [-0.2, -0.15) is 13.2 Å². The van der Waals surface area contributed by atoms with Gasteiger partial charge in [0.05, 0.1) is 11.3 Å². The number of likely N-dealkylation sites (tertiary alicyclic amines) is 1. The van der Waals surface area contributed by atoms with Crippen molar-refractivity contribution < 1.29 is 18.0 Å². The van der Waals surface area contributed by atoms with Crippen LogP contribution in [-0.4, -0.2) is 47.0 Å². The normalized spacial score (nSPS) is 16.0. The van der Waals surface area contributed by atoms with E-state index in [0.717, 1.165) is 37.6 Å². The molecule has 1 aliphatic rings. The highest BCUT2D eigenvalue weighted by atomic mass is 19.4. The molecule has 1 aromatic heterocycles. The summed E-state index contributed by atoms with van der Waals surface area (Å²) in [6.45, 7) is 1.96. The number of anilines is 1. The minimum Gasteiger partial charge on any atom is -0.317 e. The lowest BCUT2D eigenvalue weighted by Crippen LogP contribution is -2.47. The van der Waals surface area contributed by atoms with Gasteiger partial charge in [0.2, 0.25) is 0 Å². The fourth-order valence-electron chi connectivity index (χ4n) is 3.39. The molecule has 8 heteroatoms. The highest BCUT2D eigenvalue weighted by Gasteiger charge is 2.34. The van der Waals surface area contributed by atoms with Crippen LogP contribution in [0.4, 0.5) is 23.7 Å². The van der Waals surface area contributed by atoms with Crippen molar-refractivity contribution in [2.24, 2.45) is 0 Å². The standard InChI is InChI=1S/C20H23F3N4O/c1-26-11-8-16(9-12-26)27(14-15-5-4-10-24-13-15)19(28)25-18-7-3-2-6-17(18)20(21,22)23/h2-7,10,13,16H,8-9,11-12,14H2,1H3,(H,25,28). The number of urea groups is 1. The molecule has 1 saturated heterocycles. The van der Waals surface area contributed by atoms with E-state index in [2.05, 4.69) is 15.2 Å². The average molecular weight is 392 g/mol. The highest BCUT2D eigenvalue weighted by Crippen LogP contribution is 2.35. The van der Waals surface area contributed by atoms with E-state index in [9.17, 15) is 18.0 Å². The Labute approximate surface area is 162 Å². The summed E-state index contributed by atoms with van der Waals surface area (Å²) in [6.07, 6.45) is 0.309. The Balaban J connectivity index is 1.82. The molecule has 1 aliphatic heterocycles. The molecule has 2 amide bonds. The van der Waals surface area contributed by atoms with E-state index >= 15 is 0 Å². The fraction of sp³-hybridized carbons (Fsp3) is 0.400. The van der Waals surface area contributed by atoms with Crippen LogP contribution >= 0.6 is 0 Å². The number of benzene rings is 1. The number of alkyl halides is 3. The van der Waals surface area contributed by atoms with Gasteiger partial charge < -0.3 is 15.1 Å². The van der Waals surface area contributed by atoms with Crippen molar-refractivity contribution in [1.29, 1.82) is 0 Å². The number of amides is 2. The number of aromatic nitrogens is 1. The second-order valence-electron chi connectivity index (χ2n) is 7.00. The fourth-order valence-corrected chi connectivity index (χ4v) is 3.39. The van der Waals surface area contributed by atoms with Crippen molar-refractivity contribution >= 4 is 11.7 Å². The molecule has 0 saturated carbocycles. The molecule has 1 fully saturated rings. The number of pyridine rings is 1. The molecule has 2 aromatic rings. The molecule has 3 rings (SSSR count). The lowest BCUT2D eigenvalue weighted by Gasteiger charge is -2.37. The Bertz CT molecular complexity index is 790. The molecule has 150 valence electrons. The number of halogens is 3. The number of hydrogen-bond acceptors (Lipinski definition) is 3. The molecule has 0 spiro atoms. The van der Waals surface area contributed by atoms with E-state index in [-0.39, 0.29) is 11.7 Å². The molecule has 28 heavy (non-hydrogen) atoms. The SMILES string of the molecule is CN1CCC(N(Cc2cccnc2)C(=O)Nc2ccccc2C(F)(F)F)CC1. The number of nitrogens with one attached hydrogen (secondary N) is 1. The van der Waals surface area contributed by atoms with Crippen LogP contribution in [0.2, 0.25) is 0 Å². The number of carbonyl (C=O) groups is 1. The topological polar surface area (TPSA) is 48.5 Å².